The van der Waals surface area contributed by atoms with E-state index in [4.69, 9.17) is 4.74 Å². The first kappa shape index (κ1) is 34.2. The Morgan fingerprint density at radius 1 is 0.559 bits per heavy atom. The van der Waals surface area contributed by atoms with Gasteiger partial charge in [-0.1, -0.05) is 167 Å². The van der Waals surface area contributed by atoms with E-state index in [-0.39, 0.29) is 12.4 Å². The summed E-state index contributed by atoms with van der Waals surface area (Å²) in [6, 6.07) is 58.9. The topological polar surface area (TPSA) is 36.2 Å². The third-order valence-corrected chi connectivity index (χ3v) is 13.4. The van der Waals surface area contributed by atoms with Crippen molar-refractivity contribution in [3.63, 3.8) is 0 Å². The van der Waals surface area contributed by atoms with Crippen LogP contribution in [-0.4, -0.2) is 16.1 Å². The molecule has 0 amide bonds. The Morgan fingerprint density at radius 3 is 1.90 bits per heavy atom. The van der Waals surface area contributed by atoms with Crippen molar-refractivity contribution < 1.29 is 4.74 Å². The second-order valence-electron chi connectivity index (χ2n) is 17.1. The Bertz CT molecular complexity index is 3230. The lowest BCUT2D eigenvalue weighted by molar-refractivity contribution is 0.435. The van der Waals surface area contributed by atoms with Gasteiger partial charge < -0.3 is 4.74 Å². The maximum Gasteiger partial charge on any atom is 0.354 e. The molecule has 1 spiro atoms. The van der Waals surface area contributed by atoms with E-state index in [1.807, 2.05) is 6.07 Å². The fraction of sp³-hybridized carbons (Fsp3) is 0.130. The molecule has 4 nitrogen and oxygen atoms in total. The zero-order valence-electron chi connectivity index (χ0n) is 33.5. The number of rotatable bonds is 4. The number of hydrogen-bond donors (Lipinski definition) is 0. The van der Waals surface area contributed by atoms with Gasteiger partial charge in [-0.2, -0.15) is 0 Å². The summed E-state index contributed by atoms with van der Waals surface area (Å²) in [5.41, 5.74) is 15.3. The summed E-state index contributed by atoms with van der Waals surface area (Å²) in [7, 11) is 0. The molecule has 0 aliphatic carbocycles. The van der Waals surface area contributed by atoms with Gasteiger partial charge in [0.05, 0.1) is 22.0 Å². The SMILES string of the molecule is CC(C)c1cccc(C(C)C)c1-c1ccc2c(c1)B1c3c(cccc3C23c2ccccc2Oc2ccccc23)-n2c3cc4ccccc4c(-c4ccccc4)c3c(=O)n21. The Hall–Kier alpha value is -6.85. The minimum Gasteiger partial charge on any atom is -0.457 e. The smallest absolute Gasteiger partial charge is 0.354 e. The molecule has 0 fully saturated rings. The van der Waals surface area contributed by atoms with E-state index >= 15 is 4.79 Å². The molecule has 3 aliphatic heterocycles. The van der Waals surface area contributed by atoms with Crippen LogP contribution in [0.1, 0.15) is 72.9 Å². The molecule has 4 heterocycles. The molecule has 0 saturated heterocycles. The van der Waals surface area contributed by atoms with E-state index in [1.165, 1.54) is 38.8 Å². The van der Waals surface area contributed by atoms with Crippen LogP contribution in [0.2, 0.25) is 0 Å². The molecular weight excluding hydrogens is 719 g/mol. The number of fused-ring (bicyclic) bond motifs is 14. The third kappa shape index (κ3) is 4.42. The molecule has 0 saturated carbocycles. The first-order valence-electron chi connectivity index (χ1n) is 20.9. The summed E-state index contributed by atoms with van der Waals surface area (Å²) in [5.74, 6) is 2.36. The molecule has 59 heavy (non-hydrogen) atoms. The van der Waals surface area contributed by atoms with Crippen molar-refractivity contribution in [2.24, 2.45) is 0 Å². The van der Waals surface area contributed by atoms with Crippen molar-refractivity contribution in [1.82, 2.24) is 9.27 Å². The lowest BCUT2D eigenvalue weighted by Crippen LogP contribution is -2.60. The van der Waals surface area contributed by atoms with Crippen molar-refractivity contribution in [3.05, 3.63) is 208 Å². The molecule has 0 radical (unpaired) electrons. The van der Waals surface area contributed by atoms with Crippen LogP contribution in [0.4, 0.5) is 0 Å². The van der Waals surface area contributed by atoms with Crippen LogP contribution >= 0.6 is 0 Å². The van der Waals surface area contributed by atoms with E-state index in [0.717, 1.165) is 66.6 Å². The minimum absolute atomic E-state index is 0.0160. The van der Waals surface area contributed by atoms with Crippen LogP contribution in [0.3, 0.4) is 0 Å². The largest absolute Gasteiger partial charge is 0.457 e. The predicted molar refractivity (Wildman–Crippen MR) is 243 cm³/mol. The zero-order chi connectivity index (χ0) is 39.7. The molecule has 282 valence electrons. The average Bonchev–Trinajstić information content (AvgIpc) is 3.76. The van der Waals surface area contributed by atoms with Gasteiger partial charge in [0.2, 0.25) is 0 Å². The van der Waals surface area contributed by atoms with Crippen LogP contribution in [0.15, 0.2) is 169 Å². The third-order valence-electron chi connectivity index (χ3n) is 13.4. The summed E-state index contributed by atoms with van der Waals surface area (Å²) >= 11 is 0. The number of nitrogens with zero attached hydrogens (tertiary/aromatic N) is 2. The second kappa shape index (κ2) is 12.3. The highest BCUT2D eigenvalue weighted by molar-refractivity contribution is 6.87. The number of benzene rings is 8. The number of hydrogen-bond acceptors (Lipinski definition) is 2. The van der Waals surface area contributed by atoms with Crippen LogP contribution in [-0.2, 0) is 5.41 Å². The van der Waals surface area contributed by atoms with Crippen LogP contribution in [0.25, 0.3) is 49.6 Å². The van der Waals surface area contributed by atoms with E-state index in [9.17, 15) is 0 Å². The molecule has 3 aliphatic rings. The molecule has 0 N–H and O–H groups in total. The quantitative estimate of drug-likeness (QED) is 0.168. The highest BCUT2D eigenvalue weighted by atomic mass is 16.5. The molecule has 1 aromatic heterocycles. The van der Waals surface area contributed by atoms with E-state index in [0.29, 0.717) is 11.8 Å². The Kier molecular flexibility index (Phi) is 7.15. The Morgan fingerprint density at radius 2 is 1.19 bits per heavy atom. The molecule has 0 bridgehead atoms. The molecule has 0 unspecified atom stereocenters. The van der Waals surface area contributed by atoms with Crippen LogP contribution < -0.4 is 21.2 Å². The fourth-order valence-electron chi connectivity index (χ4n) is 11.1. The van der Waals surface area contributed by atoms with Crippen LogP contribution in [0.5, 0.6) is 11.5 Å². The van der Waals surface area contributed by atoms with Gasteiger partial charge in [0.25, 0.3) is 5.56 Å². The van der Waals surface area contributed by atoms with Crippen molar-refractivity contribution in [2.75, 3.05) is 0 Å². The number of aromatic nitrogens is 2. The molecule has 0 atom stereocenters. The first-order chi connectivity index (χ1) is 28.9. The summed E-state index contributed by atoms with van der Waals surface area (Å²) in [5, 5.41) is 2.93. The van der Waals surface area contributed by atoms with Gasteiger partial charge in [0, 0.05) is 16.7 Å². The molecule has 9 aromatic rings. The van der Waals surface area contributed by atoms with Gasteiger partial charge in [-0.3, -0.25) is 14.1 Å². The van der Waals surface area contributed by atoms with Crippen molar-refractivity contribution in [2.45, 2.75) is 44.9 Å². The van der Waals surface area contributed by atoms with Gasteiger partial charge in [-0.15, -0.1) is 0 Å². The molecule has 12 rings (SSSR count). The normalized spacial score (nSPS) is 14.0. The predicted octanol–water partition coefficient (Wildman–Crippen LogP) is 11.3. The first-order valence-corrected chi connectivity index (χ1v) is 20.9. The maximum absolute atomic E-state index is 15.8. The number of para-hydroxylation sites is 2. The standard InChI is InChI=1S/C54H41BN2O2/c1-32(2)37-20-14-21-38(33(3)4)49(37)36-28-29-40-44(30-36)55-52-43(54(40)41-22-10-12-26-47(41)59-48-27-13-11-23-42(48)54)24-15-25-45(52)56-46-31-35-18-8-9-19-39(35)50(34-16-6-5-7-17-34)51(46)53(58)57(55)56/h5-33H,1-4H3. The second-order valence-corrected chi connectivity index (χ2v) is 17.1. The van der Waals surface area contributed by atoms with Crippen molar-refractivity contribution in [1.29, 1.82) is 0 Å². The molecule has 8 aromatic carbocycles. The fourth-order valence-corrected chi connectivity index (χ4v) is 11.1. The lowest BCUT2D eigenvalue weighted by atomic mass is 9.40. The summed E-state index contributed by atoms with van der Waals surface area (Å²) in [4.78, 5) is 15.8. The monoisotopic (exact) mass is 760 g/mol. The highest BCUT2D eigenvalue weighted by Gasteiger charge is 2.56. The Balaban J connectivity index is 1.27. The van der Waals surface area contributed by atoms with Crippen molar-refractivity contribution >= 4 is 39.4 Å². The van der Waals surface area contributed by atoms with E-state index < -0.39 is 5.41 Å². The number of ether oxygens (including phenoxy) is 1. The minimum atomic E-state index is -0.703. The van der Waals surface area contributed by atoms with E-state index in [2.05, 4.69) is 195 Å². The van der Waals surface area contributed by atoms with E-state index in [1.54, 1.807) is 0 Å². The lowest BCUT2D eigenvalue weighted by Gasteiger charge is -2.46. The van der Waals surface area contributed by atoms with Gasteiger partial charge in [-0.05, 0) is 96.7 Å². The summed E-state index contributed by atoms with van der Waals surface area (Å²) in [6.45, 7) is 8.79. The van der Waals surface area contributed by atoms with Gasteiger partial charge in [-0.25, -0.2) is 0 Å². The van der Waals surface area contributed by atoms with Gasteiger partial charge >= 0.3 is 6.85 Å². The molecular formula is C54H41BN2O2. The summed E-state index contributed by atoms with van der Waals surface area (Å²) < 4.78 is 11.1. The average molecular weight is 761 g/mol. The molecule has 5 heteroatoms. The summed E-state index contributed by atoms with van der Waals surface area (Å²) in [6.07, 6.45) is 0. The zero-order valence-corrected chi connectivity index (χ0v) is 33.5. The Labute approximate surface area is 344 Å². The highest BCUT2D eigenvalue weighted by Crippen LogP contribution is 2.56. The van der Waals surface area contributed by atoms with Crippen molar-refractivity contribution in [3.8, 4) is 39.4 Å². The van der Waals surface area contributed by atoms with Crippen LogP contribution in [0, 0.1) is 0 Å². The van der Waals surface area contributed by atoms with Gasteiger partial charge in [0.15, 0.2) is 0 Å². The van der Waals surface area contributed by atoms with Gasteiger partial charge in [0.1, 0.15) is 11.5 Å². The maximum atomic E-state index is 15.8.